The molecule has 25 heavy (non-hydrogen) atoms. The summed E-state index contributed by atoms with van der Waals surface area (Å²) in [5, 5.41) is 15.5. The van der Waals surface area contributed by atoms with E-state index in [0.29, 0.717) is 6.42 Å². The highest BCUT2D eigenvalue weighted by atomic mass is 16.4. The number of nitrogens with zero attached hydrogens (tertiary/aromatic N) is 1. The molecule has 6 heteroatoms. The Kier molecular flexibility index (Phi) is 9.75. The molecule has 0 radical (unpaired) electrons. The second-order valence-electron chi connectivity index (χ2n) is 6.98. The van der Waals surface area contributed by atoms with Gasteiger partial charge in [-0.1, -0.05) is 32.8 Å². The zero-order valence-corrected chi connectivity index (χ0v) is 16.0. The molecule has 1 heterocycles. The van der Waals surface area contributed by atoms with Gasteiger partial charge < -0.3 is 15.7 Å². The lowest BCUT2D eigenvalue weighted by atomic mass is 9.96. The van der Waals surface area contributed by atoms with E-state index in [4.69, 9.17) is 0 Å². The van der Waals surface area contributed by atoms with Crippen molar-refractivity contribution in [2.24, 2.45) is 5.92 Å². The molecule has 1 fully saturated rings. The first-order valence-corrected chi connectivity index (χ1v) is 9.55. The average molecular weight is 354 g/mol. The summed E-state index contributed by atoms with van der Waals surface area (Å²) in [5.74, 6) is -0.618. The number of unbranched alkanes of at least 4 members (excludes halogenated alkanes) is 1. The number of carbonyl (C=O) groups excluding carboxylic acids is 1. The molecule has 1 rings (SSSR count). The number of rotatable bonds is 12. The molecule has 3 N–H and O–H groups in total. The molecule has 1 amide bonds. The number of aliphatic carboxylic acids is 1. The Morgan fingerprint density at radius 3 is 2.60 bits per heavy atom. The molecule has 0 aromatic rings. The van der Waals surface area contributed by atoms with E-state index in [9.17, 15) is 14.7 Å². The molecule has 1 unspecified atom stereocenters. The summed E-state index contributed by atoms with van der Waals surface area (Å²) in [4.78, 5) is 25.1. The summed E-state index contributed by atoms with van der Waals surface area (Å²) < 4.78 is 0. The third-order valence-corrected chi connectivity index (χ3v) is 4.94. The van der Waals surface area contributed by atoms with Gasteiger partial charge >= 0.3 is 5.97 Å². The van der Waals surface area contributed by atoms with E-state index in [1.807, 2.05) is 6.08 Å². The zero-order chi connectivity index (χ0) is 18.8. The Bertz CT molecular complexity index is 442. The smallest absolute Gasteiger partial charge is 0.320 e. The van der Waals surface area contributed by atoms with Gasteiger partial charge in [-0.3, -0.25) is 14.5 Å². The van der Waals surface area contributed by atoms with Crippen LogP contribution in [0.1, 0.15) is 59.3 Å². The van der Waals surface area contributed by atoms with E-state index in [1.165, 1.54) is 0 Å². The van der Waals surface area contributed by atoms with Crippen LogP contribution in [0.4, 0.5) is 0 Å². The number of hydrogen-bond acceptors (Lipinski definition) is 4. The van der Waals surface area contributed by atoms with E-state index < -0.39 is 12.0 Å². The first-order chi connectivity index (χ1) is 11.9. The number of amides is 1. The van der Waals surface area contributed by atoms with Crippen molar-refractivity contribution in [3.05, 3.63) is 12.7 Å². The van der Waals surface area contributed by atoms with Gasteiger partial charge in [0.15, 0.2) is 0 Å². The van der Waals surface area contributed by atoms with Gasteiger partial charge in [-0.15, -0.1) is 6.58 Å². The standard InChI is InChI=1S/C19H35N3O3/c1-5-8-11-22(18(9-6-2)20-14(4)23)12-10-16-15(7-3)13-17(21-16)19(24)25/h7,15-18,21H,3,5-6,8-13H2,1-2,4H3,(H,20,23)(H,24,25)/t15-,16-,17-,18?/m1/s1. The average Bonchev–Trinajstić information content (AvgIpc) is 2.98. The molecule has 144 valence electrons. The number of hydrogen-bond donors (Lipinski definition) is 3. The normalized spacial score (nSPS) is 24.2. The van der Waals surface area contributed by atoms with Crippen LogP contribution >= 0.6 is 0 Å². The molecule has 0 aromatic heterocycles. The van der Waals surface area contributed by atoms with Crippen molar-refractivity contribution in [2.45, 2.75) is 77.5 Å². The Hall–Kier alpha value is -1.40. The Labute approximate surface area is 152 Å². The Balaban J connectivity index is 2.71. The Morgan fingerprint density at radius 2 is 2.08 bits per heavy atom. The molecule has 1 saturated heterocycles. The molecular formula is C19H35N3O3. The second kappa shape index (κ2) is 11.3. The topological polar surface area (TPSA) is 81.7 Å². The molecule has 0 bridgehead atoms. The van der Waals surface area contributed by atoms with Gasteiger partial charge in [-0.25, -0.2) is 0 Å². The van der Waals surface area contributed by atoms with Gasteiger partial charge in [0.2, 0.25) is 5.91 Å². The fraction of sp³-hybridized carbons (Fsp3) is 0.789. The van der Waals surface area contributed by atoms with Crippen LogP contribution in [0.2, 0.25) is 0 Å². The highest BCUT2D eigenvalue weighted by Crippen LogP contribution is 2.24. The molecule has 6 nitrogen and oxygen atoms in total. The van der Waals surface area contributed by atoms with Crippen molar-refractivity contribution in [3.8, 4) is 0 Å². The number of carboxylic acids is 1. The Morgan fingerprint density at radius 1 is 1.36 bits per heavy atom. The van der Waals surface area contributed by atoms with Gasteiger partial charge in [-0.2, -0.15) is 0 Å². The fourth-order valence-corrected chi connectivity index (χ4v) is 3.56. The summed E-state index contributed by atoms with van der Waals surface area (Å²) in [5.41, 5.74) is 0. The molecule has 1 aliphatic rings. The summed E-state index contributed by atoms with van der Waals surface area (Å²) in [6, 6.07) is -0.360. The second-order valence-corrected chi connectivity index (χ2v) is 6.98. The largest absolute Gasteiger partial charge is 0.480 e. The predicted molar refractivity (Wildman–Crippen MR) is 100 cm³/mol. The molecule has 0 spiro atoms. The van der Waals surface area contributed by atoms with Crippen molar-refractivity contribution < 1.29 is 14.7 Å². The van der Waals surface area contributed by atoms with Gasteiger partial charge in [0.25, 0.3) is 0 Å². The van der Waals surface area contributed by atoms with Crippen LogP contribution in [0.5, 0.6) is 0 Å². The maximum absolute atomic E-state index is 11.6. The SMILES string of the molecule is C=C[C@@H]1C[C@H](C(=O)O)N[C@@H]1CCN(CCCC)C(CCC)NC(C)=O. The van der Waals surface area contributed by atoms with E-state index in [1.54, 1.807) is 6.92 Å². The minimum atomic E-state index is -0.792. The van der Waals surface area contributed by atoms with E-state index in [2.05, 4.69) is 36.0 Å². The van der Waals surface area contributed by atoms with Crippen LogP contribution in [0, 0.1) is 5.92 Å². The number of nitrogens with one attached hydrogen (secondary N) is 2. The monoisotopic (exact) mass is 353 g/mol. The molecule has 0 aliphatic carbocycles. The molecule has 0 aromatic carbocycles. The van der Waals surface area contributed by atoms with Gasteiger partial charge in [-0.05, 0) is 31.6 Å². The first kappa shape index (κ1) is 21.6. The van der Waals surface area contributed by atoms with Crippen molar-refractivity contribution in [1.29, 1.82) is 0 Å². The van der Waals surface area contributed by atoms with E-state index in [0.717, 1.165) is 45.2 Å². The quantitative estimate of drug-likeness (QED) is 0.371. The van der Waals surface area contributed by atoms with Gasteiger partial charge in [0, 0.05) is 26.1 Å². The third-order valence-electron chi connectivity index (χ3n) is 4.94. The predicted octanol–water partition coefficient (Wildman–Crippen LogP) is 2.36. The summed E-state index contributed by atoms with van der Waals surface area (Å²) >= 11 is 0. The van der Waals surface area contributed by atoms with Crippen molar-refractivity contribution in [1.82, 2.24) is 15.5 Å². The van der Waals surface area contributed by atoms with Crippen molar-refractivity contribution in [3.63, 3.8) is 0 Å². The number of carbonyl (C=O) groups is 2. The lowest BCUT2D eigenvalue weighted by molar-refractivity contribution is -0.139. The molecule has 0 saturated carbocycles. The molecule has 1 aliphatic heterocycles. The van der Waals surface area contributed by atoms with Crippen LogP contribution in [-0.2, 0) is 9.59 Å². The summed E-state index contributed by atoms with van der Waals surface area (Å²) in [6.07, 6.45) is 7.48. The highest BCUT2D eigenvalue weighted by Gasteiger charge is 2.35. The van der Waals surface area contributed by atoms with Crippen molar-refractivity contribution in [2.75, 3.05) is 13.1 Å². The summed E-state index contributed by atoms with van der Waals surface area (Å²) in [6.45, 7) is 11.5. The lowest BCUT2D eigenvalue weighted by Crippen LogP contribution is -2.49. The maximum Gasteiger partial charge on any atom is 0.320 e. The first-order valence-electron chi connectivity index (χ1n) is 9.55. The van der Waals surface area contributed by atoms with Crippen molar-refractivity contribution >= 4 is 11.9 Å². The summed E-state index contributed by atoms with van der Waals surface area (Å²) in [7, 11) is 0. The molecular weight excluding hydrogens is 318 g/mol. The van der Waals surface area contributed by atoms with Gasteiger partial charge in [0.05, 0.1) is 6.17 Å². The zero-order valence-electron chi connectivity index (χ0n) is 16.0. The minimum absolute atomic E-state index is 0.00570. The van der Waals surface area contributed by atoms with Crippen LogP contribution in [-0.4, -0.2) is 53.2 Å². The van der Waals surface area contributed by atoms with Crippen LogP contribution < -0.4 is 10.6 Å². The van der Waals surface area contributed by atoms with Crippen LogP contribution in [0.15, 0.2) is 12.7 Å². The number of carboxylic acid groups (broad SMARTS) is 1. The minimum Gasteiger partial charge on any atom is -0.480 e. The third kappa shape index (κ3) is 7.16. The lowest BCUT2D eigenvalue weighted by Gasteiger charge is -2.33. The highest BCUT2D eigenvalue weighted by molar-refractivity contribution is 5.74. The fourth-order valence-electron chi connectivity index (χ4n) is 3.56. The maximum atomic E-state index is 11.6. The van der Waals surface area contributed by atoms with Crippen LogP contribution in [0.25, 0.3) is 0 Å². The molecule has 4 atom stereocenters. The van der Waals surface area contributed by atoms with Gasteiger partial charge in [0.1, 0.15) is 6.04 Å². The van der Waals surface area contributed by atoms with E-state index >= 15 is 0 Å². The van der Waals surface area contributed by atoms with Crippen LogP contribution in [0.3, 0.4) is 0 Å². The van der Waals surface area contributed by atoms with E-state index in [-0.39, 0.29) is 24.0 Å².